The Hall–Kier alpha value is -1.26. The van der Waals surface area contributed by atoms with Crippen molar-refractivity contribution in [2.75, 3.05) is 27.4 Å². The summed E-state index contributed by atoms with van der Waals surface area (Å²) in [6.45, 7) is 3.98. The Kier molecular flexibility index (Phi) is 5.68. The average Bonchev–Trinajstić information content (AvgIpc) is 3.01. The van der Waals surface area contributed by atoms with Gasteiger partial charge in [0.1, 0.15) is 11.5 Å². The summed E-state index contributed by atoms with van der Waals surface area (Å²) in [5, 5.41) is 3.59. The highest BCUT2D eigenvalue weighted by Gasteiger charge is 2.29. The van der Waals surface area contributed by atoms with Crippen molar-refractivity contribution >= 4 is 0 Å². The second kappa shape index (κ2) is 7.50. The number of rotatable bonds is 7. The van der Waals surface area contributed by atoms with E-state index in [9.17, 15) is 0 Å². The lowest BCUT2D eigenvalue weighted by Gasteiger charge is -2.26. The highest BCUT2D eigenvalue weighted by molar-refractivity contribution is 5.42. The molecule has 1 aromatic carbocycles. The second-order valence-corrected chi connectivity index (χ2v) is 5.09. The standard InChI is InChI=1S/C16H25NO3/c1-4-9-17-16(15-6-5-10-20-15)13-11-12(18-2)7-8-14(13)19-3/h7-8,11,15-17H,4-6,9-10H2,1-3H3. The van der Waals surface area contributed by atoms with Crippen LogP contribution in [0.4, 0.5) is 0 Å². The Labute approximate surface area is 121 Å². The van der Waals surface area contributed by atoms with E-state index in [0.717, 1.165) is 49.5 Å². The van der Waals surface area contributed by atoms with Crippen LogP contribution < -0.4 is 14.8 Å². The van der Waals surface area contributed by atoms with Crippen molar-refractivity contribution in [3.8, 4) is 11.5 Å². The van der Waals surface area contributed by atoms with E-state index in [-0.39, 0.29) is 12.1 Å². The van der Waals surface area contributed by atoms with Gasteiger partial charge >= 0.3 is 0 Å². The quantitative estimate of drug-likeness (QED) is 0.833. The fourth-order valence-corrected chi connectivity index (χ4v) is 2.69. The lowest BCUT2D eigenvalue weighted by Crippen LogP contribution is -2.32. The lowest BCUT2D eigenvalue weighted by molar-refractivity contribution is 0.0774. The zero-order chi connectivity index (χ0) is 14.4. The summed E-state index contributed by atoms with van der Waals surface area (Å²) in [6, 6.07) is 6.09. The number of methoxy groups -OCH3 is 2. The molecular weight excluding hydrogens is 254 g/mol. The summed E-state index contributed by atoms with van der Waals surface area (Å²) < 4.78 is 16.7. The largest absolute Gasteiger partial charge is 0.497 e. The third-order valence-electron chi connectivity index (χ3n) is 3.72. The molecular formula is C16H25NO3. The van der Waals surface area contributed by atoms with Crippen molar-refractivity contribution in [3.05, 3.63) is 23.8 Å². The molecule has 4 nitrogen and oxygen atoms in total. The third kappa shape index (κ3) is 3.44. The molecule has 0 aromatic heterocycles. The number of hydrogen-bond donors (Lipinski definition) is 1. The van der Waals surface area contributed by atoms with E-state index in [1.807, 2.05) is 18.2 Å². The second-order valence-electron chi connectivity index (χ2n) is 5.09. The van der Waals surface area contributed by atoms with Crippen molar-refractivity contribution in [2.24, 2.45) is 0 Å². The Balaban J connectivity index is 2.29. The van der Waals surface area contributed by atoms with Crippen LogP contribution in [0.2, 0.25) is 0 Å². The van der Waals surface area contributed by atoms with E-state index in [2.05, 4.69) is 12.2 Å². The Bertz CT molecular complexity index is 416. The molecule has 1 aliphatic heterocycles. The van der Waals surface area contributed by atoms with E-state index in [1.54, 1.807) is 14.2 Å². The van der Waals surface area contributed by atoms with Gasteiger partial charge in [0.25, 0.3) is 0 Å². The number of nitrogens with one attached hydrogen (secondary N) is 1. The minimum Gasteiger partial charge on any atom is -0.497 e. The summed E-state index contributed by atoms with van der Waals surface area (Å²) in [6.07, 6.45) is 3.51. The molecule has 4 heteroatoms. The van der Waals surface area contributed by atoms with Crippen molar-refractivity contribution in [2.45, 2.75) is 38.3 Å². The van der Waals surface area contributed by atoms with Gasteiger partial charge in [-0.05, 0) is 44.0 Å². The first-order valence-corrected chi connectivity index (χ1v) is 7.37. The third-order valence-corrected chi connectivity index (χ3v) is 3.72. The minimum atomic E-state index is 0.155. The summed E-state index contributed by atoms with van der Waals surface area (Å²) >= 11 is 0. The van der Waals surface area contributed by atoms with Gasteiger partial charge in [-0.15, -0.1) is 0 Å². The zero-order valence-electron chi connectivity index (χ0n) is 12.6. The van der Waals surface area contributed by atoms with E-state index in [1.165, 1.54) is 0 Å². The molecule has 1 saturated heterocycles. The first-order valence-electron chi connectivity index (χ1n) is 7.37. The predicted octanol–water partition coefficient (Wildman–Crippen LogP) is 2.92. The monoisotopic (exact) mass is 279 g/mol. The summed E-state index contributed by atoms with van der Waals surface area (Å²) in [5.74, 6) is 1.73. The number of benzene rings is 1. The van der Waals surface area contributed by atoms with Gasteiger partial charge in [-0.3, -0.25) is 0 Å². The van der Waals surface area contributed by atoms with Gasteiger partial charge in [0.05, 0.1) is 26.4 Å². The SMILES string of the molecule is CCCNC(c1cc(OC)ccc1OC)C1CCCO1. The predicted molar refractivity (Wildman–Crippen MR) is 79.6 cm³/mol. The van der Waals surface area contributed by atoms with Crippen LogP contribution in [-0.4, -0.2) is 33.5 Å². The van der Waals surface area contributed by atoms with Gasteiger partial charge in [-0.2, -0.15) is 0 Å². The van der Waals surface area contributed by atoms with Crippen LogP contribution in [0.1, 0.15) is 37.8 Å². The Morgan fingerprint density at radius 1 is 1.35 bits per heavy atom. The number of ether oxygens (including phenoxy) is 3. The molecule has 0 amide bonds. The van der Waals surface area contributed by atoms with Gasteiger partial charge in [0.15, 0.2) is 0 Å². The first kappa shape index (κ1) is 15.1. The van der Waals surface area contributed by atoms with Gasteiger partial charge in [-0.1, -0.05) is 6.92 Å². The van der Waals surface area contributed by atoms with Crippen LogP contribution in [-0.2, 0) is 4.74 Å². The molecule has 2 rings (SSSR count). The van der Waals surface area contributed by atoms with Gasteiger partial charge < -0.3 is 19.5 Å². The van der Waals surface area contributed by atoms with Crippen LogP contribution >= 0.6 is 0 Å². The van der Waals surface area contributed by atoms with E-state index >= 15 is 0 Å². The van der Waals surface area contributed by atoms with Crippen LogP contribution in [0, 0.1) is 0 Å². The maximum Gasteiger partial charge on any atom is 0.124 e. The molecule has 2 atom stereocenters. The highest BCUT2D eigenvalue weighted by atomic mass is 16.5. The maximum absolute atomic E-state index is 5.88. The molecule has 0 spiro atoms. The fraction of sp³-hybridized carbons (Fsp3) is 0.625. The van der Waals surface area contributed by atoms with E-state index in [0.29, 0.717) is 0 Å². The molecule has 20 heavy (non-hydrogen) atoms. The minimum absolute atomic E-state index is 0.155. The smallest absolute Gasteiger partial charge is 0.124 e. The normalized spacial score (nSPS) is 19.9. The molecule has 112 valence electrons. The summed E-state index contributed by atoms with van der Waals surface area (Å²) in [5.41, 5.74) is 1.12. The Morgan fingerprint density at radius 3 is 2.80 bits per heavy atom. The van der Waals surface area contributed by atoms with Crippen LogP contribution in [0.3, 0.4) is 0 Å². The molecule has 0 bridgehead atoms. The molecule has 1 heterocycles. The van der Waals surface area contributed by atoms with Gasteiger partial charge in [0, 0.05) is 12.2 Å². The molecule has 1 aliphatic rings. The van der Waals surface area contributed by atoms with Gasteiger partial charge in [-0.25, -0.2) is 0 Å². The summed E-state index contributed by atoms with van der Waals surface area (Å²) in [7, 11) is 3.39. The number of hydrogen-bond acceptors (Lipinski definition) is 4. The van der Waals surface area contributed by atoms with Crippen molar-refractivity contribution in [3.63, 3.8) is 0 Å². The van der Waals surface area contributed by atoms with Crippen LogP contribution in [0.5, 0.6) is 11.5 Å². The van der Waals surface area contributed by atoms with E-state index < -0.39 is 0 Å². The van der Waals surface area contributed by atoms with Crippen molar-refractivity contribution in [1.82, 2.24) is 5.32 Å². The molecule has 0 saturated carbocycles. The molecule has 0 radical (unpaired) electrons. The summed E-state index contributed by atoms with van der Waals surface area (Å²) in [4.78, 5) is 0. The maximum atomic E-state index is 5.88. The highest BCUT2D eigenvalue weighted by Crippen LogP contribution is 2.35. The first-order chi connectivity index (χ1) is 9.80. The molecule has 2 unspecified atom stereocenters. The molecule has 0 aliphatic carbocycles. The average molecular weight is 279 g/mol. The van der Waals surface area contributed by atoms with Crippen LogP contribution in [0.25, 0.3) is 0 Å². The molecule has 1 fully saturated rings. The van der Waals surface area contributed by atoms with Crippen molar-refractivity contribution in [1.29, 1.82) is 0 Å². The zero-order valence-corrected chi connectivity index (χ0v) is 12.6. The van der Waals surface area contributed by atoms with Crippen molar-refractivity contribution < 1.29 is 14.2 Å². The lowest BCUT2D eigenvalue weighted by atomic mass is 9.97. The van der Waals surface area contributed by atoms with Crippen LogP contribution in [0.15, 0.2) is 18.2 Å². The fourth-order valence-electron chi connectivity index (χ4n) is 2.69. The molecule has 1 N–H and O–H groups in total. The Morgan fingerprint density at radius 2 is 2.20 bits per heavy atom. The van der Waals surface area contributed by atoms with E-state index in [4.69, 9.17) is 14.2 Å². The topological polar surface area (TPSA) is 39.7 Å². The molecule has 1 aromatic rings. The van der Waals surface area contributed by atoms with Gasteiger partial charge in [0.2, 0.25) is 0 Å².